The van der Waals surface area contributed by atoms with Crippen molar-refractivity contribution in [2.24, 2.45) is 0 Å². The second kappa shape index (κ2) is 6.10. The number of rotatable bonds is 4. The fourth-order valence-electron chi connectivity index (χ4n) is 1.21. The number of phenols is 1. The van der Waals surface area contributed by atoms with Gasteiger partial charge in [-0.2, -0.15) is 0 Å². The van der Waals surface area contributed by atoms with Gasteiger partial charge in [-0.1, -0.05) is 11.6 Å². The molecule has 1 aromatic carbocycles. The first-order chi connectivity index (χ1) is 8.00. The van der Waals surface area contributed by atoms with Gasteiger partial charge in [0.2, 0.25) is 5.91 Å². The molecule has 0 atom stereocenters. The maximum absolute atomic E-state index is 11.6. The van der Waals surface area contributed by atoms with Gasteiger partial charge < -0.3 is 15.7 Å². The Bertz CT molecular complexity index is 435. The fraction of sp³-hybridized carbons (Fsp3) is 0.273. The molecule has 0 aliphatic rings. The number of amides is 2. The summed E-state index contributed by atoms with van der Waals surface area (Å²) in [5.41, 5.74) is 0.150. The monoisotopic (exact) mass is 256 g/mol. The first-order valence-electron chi connectivity index (χ1n) is 5.02. The molecule has 17 heavy (non-hydrogen) atoms. The minimum Gasteiger partial charge on any atom is -0.507 e. The Balaban J connectivity index is 2.50. The Morgan fingerprint density at radius 2 is 1.94 bits per heavy atom. The van der Waals surface area contributed by atoms with E-state index in [1.165, 1.54) is 25.1 Å². The van der Waals surface area contributed by atoms with Crippen LogP contribution in [-0.2, 0) is 4.79 Å². The molecule has 0 radical (unpaired) electrons. The van der Waals surface area contributed by atoms with E-state index in [4.69, 9.17) is 11.6 Å². The summed E-state index contributed by atoms with van der Waals surface area (Å²) >= 11 is 5.64. The van der Waals surface area contributed by atoms with Crippen LogP contribution in [0.25, 0.3) is 0 Å². The van der Waals surface area contributed by atoms with E-state index in [9.17, 15) is 14.7 Å². The van der Waals surface area contributed by atoms with Crippen molar-refractivity contribution in [1.29, 1.82) is 0 Å². The maximum atomic E-state index is 11.6. The van der Waals surface area contributed by atoms with Gasteiger partial charge in [0.05, 0.1) is 5.56 Å². The molecule has 2 amide bonds. The van der Waals surface area contributed by atoms with Crippen molar-refractivity contribution in [3.63, 3.8) is 0 Å². The lowest BCUT2D eigenvalue weighted by Crippen LogP contribution is -2.33. The Labute approximate surface area is 104 Å². The number of hydrogen-bond donors (Lipinski definition) is 3. The summed E-state index contributed by atoms with van der Waals surface area (Å²) in [7, 11) is 0. The number of carbonyl (C=O) groups excluding carboxylic acids is 2. The molecule has 0 heterocycles. The molecule has 1 aromatic rings. The molecule has 0 unspecified atom stereocenters. The van der Waals surface area contributed by atoms with E-state index in [0.717, 1.165) is 0 Å². The first-order valence-corrected chi connectivity index (χ1v) is 5.39. The van der Waals surface area contributed by atoms with Gasteiger partial charge in [-0.3, -0.25) is 9.59 Å². The van der Waals surface area contributed by atoms with Gasteiger partial charge in [0.25, 0.3) is 5.91 Å². The molecular weight excluding hydrogens is 244 g/mol. The number of halogens is 1. The van der Waals surface area contributed by atoms with Crippen LogP contribution >= 0.6 is 11.6 Å². The second-order valence-electron chi connectivity index (χ2n) is 3.40. The summed E-state index contributed by atoms with van der Waals surface area (Å²) in [4.78, 5) is 22.2. The van der Waals surface area contributed by atoms with Crippen molar-refractivity contribution in [1.82, 2.24) is 10.6 Å². The summed E-state index contributed by atoms with van der Waals surface area (Å²) in [5, 5.41) is 14.9. The van der Waals surface area contributed by atoms with E-state index >= 15 is 0 Å². The van der Waals surface area contributed by atoms with Crippen LogP contribution in [0.4, 0.5) is 0 Å². The molecule has 0 aliphatic carbocycles. The largest absolute Gasteiger partial charge is 0.507 e. The standard InChI is InChI=1S/C11H13ClN2O3/c1-7(15)13-4-5-14-11(17)9-3-2-8(12)6-10(9)16/h2-3,6,16H,4-5H2,1H3,(H,13,15)(H,14,17). The van der Waals surface area contributed by atoms with Crippen LogP contribution in [-0.4, -0.2) is 30.0 Å². The number of benzene rings is 1. The lowest BCUT2D eigenvalue weighted by atomic mass is 10.2. The Hall–Kier alpha value is -1.75. The first kappa shape index (κ1) is 13.3. The third-order valence-electron chi connectivity index (χ3n) is 1.99. The van der Waals surface area contributed by atoms with Gasteiger partial charge in [0, 0.05) is 25.0 Å². The Morgan fingerprint density at radius 1 is 1.29 bits per heavy atom. The van der Waals surface area contributed by atoms with Crippen molar-refractivity contribution in [3.8, 4) is 5.75 Å². The summed E-state index contributed by atoms with van der Waals surface area (Å²) in [6.07, 6.45) is 0. The van der Waals surface area contributed by atoms with Gasteiger partial charge in [0.15, 0.2) is 0 Å². The molecule has 0 saturated carbocycles. The van der Waals surface area contributed by atoms with Crippen LogP contribution in [0, 0.1) is 0 Å². The minimum atomic E-state index is -0.412. The molecule has 92 valence electrons. The highest BCUT2D eigenvalue weighted by Gasteiger charge is 2.10. The minimum absolute atomic E-state index is 0.150. The van der Waals surface area contributed by atoms with Crippen LogP contribution in [0.1, 0.15) is 17.3 Å². The van der Waals surface area contributed by atoms with Crippen LogP contribution in [0.5, 0.6) is 5.75 Å². The molecule has 0 spiro atoms. The van der Waals surface area contributed by atoms with Crippen LogP contribution in [0.2, 0.25) is 5.02 Å². The van der Waals surface area contributed by atoms with E-state index in [1.54, 1.807) is 0 Å². The summed E-state index contributed by atoms with van der Waals surface area (Å²) < 4.78 is 0. The number of hydrogen-bond acceptors (Lipinski definition) is 3. The third-order valence-corrected chi connectivity index (χ3v) is 2.22. The molecule has 0 fully saturated rings. The van der Waals surface area contributed by atoms with Crippen molar-refractivity contribution in [2.45, 2.75) is 6.92 Å². The number of aromatic hydroxyl groups is 1. The van der Waals surface area contributed by atoms with E-state index in [0.29, 0.717) is 18.1 Å². The van der Waals surface area contributed by atoms with Gasteiger partial charge in [-0.15, -0.1) is 0 Å². The van der Waals surface area contributed by atoms with Crippen LogP contribution in [0.15, 0.2) is 18.2 Å². The molecule has 0 saturated heterocycles. The zero-order valence-electron chi connectivity index (χ0n) is 9.29. The Morgan fingerprint density at radius 3 is 2.53 bits per heavy atom. The average Bonchev–Trinajstić information content (AvgIpc) is 2.23. The summed E-state index contributed by atoms with van der Waals surface area (Å²) in [6, 6.07) is 4.25. The predicted octanol–water partition coefficient (Wildman–Crippen LogP) is 0.911. The van der Waals surface area contributed by atoms with E-state index < -0.39 is 5.91 Å². The molecular formula is C11H13ClN2O3. The summed E-state index contributed by atoms with van der Waals surface area (Å²) in [5.74, 6) is -0.743. The Kier molecular flexibility index (Phi) is 4.78. The molecule has 0 aliphatic heterocycles. The van der Waals surface area contributed by atoms with Gasteiger partial charge in [-0.05, 0) is 18.2 Å². The smallest absolute Gasteiger partial charge is 0.255 e. The van der Waals surface area contributed by atoms with Crippen molar-refractivity contribution in [3.05, 3.63) is 28.8 Å². The fourth-order valence-corrected chi connectivity index (χ4v) is 1.37. The summed E-state index contributed by atoms with van der Waals surface area (Å²) in [6.45, 7) is 2.03. The van der Waals surface area contributed by atoms with Crippen molar-refractivity contribution in [2.75, 3.05) is 13.1 Å². The molecule has 0 bridgehead atoms. The zero-order chi connectivity index (χ0) is 12.8. The lowest BCUT2D eigenvalue weighted by molar-refractivity contribution is -0.118. The molecule has 1 rings (SSSR count). The normalized spacial score (nSPS) is 9.76. The molecule has 6 heteroatoms. The molecule has 3 N–H and O–H groups in total. The molecule has 5 nitrogen and oxygen atoms in total. The van der Waals surface area contributed by atoms with Crippen LogP contribution in [0.3, 0.4) is 0 Å². The highest BCUT2D eigenvalue weighted by atomic mass is 35.5. The lowest BCUT2D eigenvalue weighted by Gasteiger charge is -2.07. The van der Waals surface area contributed by atoms with E-state index in [2.05, 4.69) is 10.6 Å². The second-order valence-corrected chi connectivity index (χ2v) is 3.84. The third kappa shape index (κ3) is 4.32. The number of phenolic OH excluding ortho intramolecular Hbond substituents is 1. The number of nitrogens with one attached hydrogen (secondary N) is 2. The SMILES string of the molecule is CC(=O)NCCNC(=O)c1ccc(Cl)cc1O. The van der Waals surface area contributed by atoms with Gasteiger partial charge in [-0.25, -0.2) is 0 Å². The van der Waals surface area contributed by atoms with Crippen LogP contribution < -0.4 is 10.6 Å². The van der Waals surface area contributed by atoms with Gasteiger partial charge in [0.1, 0.15) is 5.75 Å². The highest BCUT2D eigenvalue weighted by molar-refractivity contribution is 6.30. The molecule has 0 aromatic heterocycles. The highest BCUT2D eigenvalue weighted by Crippen LogP contribution is 2.21. The van der Waals surface area contributed by atoms with E-state index in [1.807, 2.05) is 0 Å². The zero-order valence-corrected chi connectivity index (χ0v) is 10.0. The average molecular weight is 257 g/mol. The van der Waals surface area contributed by atoms with Gasteiger partial charge >= 0.3 is 0 Å². The van der Waals surface area contributed by atoms with Crippen molar-refractivity contribution >= 4 is 23.4 Å². The quantitative estimate of drug-likeness (QED) is 0.701. The topological polar surface area (TPSA) is 78.4 Å². The van der Waals surface area contributed by atoms with E-state index in [-0.39, 0.29) is 17.2 Å². The maximum Gasteiger partial charge on any atom is 0.255 e. The predicted molar refractivity (Wildman–Crippen MR) is 64.1 cm³/mol. The van der Waals surface area contributed by atoms with Crippen molar-refractivity contribution < 1.29 is 14.7 Å². The number of carbonyl (C=O) groups is 2.